The highest BCUT2D eigenvalue weighted by atomic mass is 35.5. The number of benzene rings is 1. The first kappa shape index (κ1) is 13.9. The molecule has 0 radical (unpaired) electrons. The van der Waals surface area contributed by atoms with Crippen LogP contribution in [-0.4, -0.2) is 29.4 Å². The number of rotatable bonds is 4. The van der Waals surface area contributed by atoms with Crippen LogP contribution in [0.1, 0.15) is 24.8 Å². The zero-order valence-electron chi connectivity index (χ0n) is 11.4. The Labute approximate surface area is 127 Å². The average molecular weight is 306 g/mol. The van der Waals surface area contributed by atoms with Crippen LogP contribution >= 0.6 is 11.6 Å². The first-order valence-corrected chi connectivity index (χ1v) is 7.32. The van der Waals surface area contributed by atoms with E-state index in [-0.39, 0.29) is 24.8 Å². The van der Waals surface area contributed by atoms with E-state index in [1.54, 1.807) is 12.1 Å². The minimum atomic E-state index is -0.129. The highest BCUT2D eigenvalue weighted by Gasteiger charge is 2.26. The number of halogens is 1. The molecule has 0 bridgehead atoms. The molecule has 0 atom stereocenters. The third-order valence-corrected chi connectivity index (χ3v) is 3.69. The van der Waals surface area contributed by atoms with Crippen molar-refractivity contribution in [1.29, 1.82) is 0 Å². The fourth-order valence-electron chi connectivity index (χ4n) is 2.14. The Hall–Kier alpha value is -2.01. The Morgan fingerprint density at radius 1 is 1.33 bits per heavy atom. The van der Waals surface area contributed by atoms with Gasteiger partial charge in [0.25, 0.3) is 0 Å². The smallest absolute Gasteiger partial charge is 0.245 e. The van der Waals surface area contributed by atoms with Crippen molar-refractivity contribution in [3.63, 3.8) is 0 Å². The molecule has 1 aliphatic carbocycles. The Morgan fingerprint density at radius 2 is 2.05 bits per heavy atom. The van der Waals surface area contributed by atoms with E-state index in [1.807, 2.05) is 18.2 Å². The molecule has 1 aromatic rings. The van der Waals surface area contributed by atoms with Gasteiger partial charge in [0, 0.05) is 17.5 Å². The van der Waals surface area contributed by atoms with E-state index in [1.165, 1.54) is 5.01 Å². The summed E-state index contributed by atoms with van der Waals surface area (Å²) in [5.74, 6) is -0.241. The summed E-state index contributed by atoms with van der Waals surface area (Å²) in [6, 6.07) is 7.63. The van der Waals surface area contributed by atoms with Gasteiger partial charge in [-0.15, -0.1) is 0 Å². The van der Waals surface area contributed by atoms with Gasteiger partial charge in [-0.05, 0) is 36.6 Å². The van der Waals surface area contributed by atoms with Gasteiger partial charge in [-0.1, -0.05) is 23.7 Å². The molecule has 3 rings (SSSR count). The number of hydrogen-bond acceptors (Lipinski definition) is 3. The molecule has 1 fully saturated rings. The number of amides is 2. The van der Waals surface area contributed by atoms with Crippen LogP contribution in [0.3, 0.4) is 0 Å². The molecule has 0 aromatic heterocycles. The Kier molecular flexibility index (Phi) is 3.84. The predicted octanol–water partition coefficient (Wildman–Crippen LogP) is 1.70. The lowest BCUT2D eigenvalue weighted by atomic mass is 10.1. The first-order valence-electron chi connectivity index (χ1n) is 6.94. The van der Waals surface area contributed by atoms with Gasteiger partial charge in [-0.3, -0.25) is 15.0 Å². The molecule has 2 N–H and O–H groups in total. The second-order valence-electron chi connectivity index (χ2n) is 5.26. The van der Waals surface area contributed by atoms with Crippen LogP contribution in [0.2, 0.25) is 5.02 Å². The Bertz CT molecular complexity index is 593. The monoisotopic (exact) mass is 305 g/mol. The largest absolute Gasteiger partial charge is 0.352 e. The SMILES string of the molecule is O=C(CN1NC(c2ccc(Cl)cc2)=CCC1=O)NC1CC1. The number of hydrogen-bond donors (Lipinski definition) is 2. The molecule has 1 saturated carbocycles. The zero-order valence-corrected chi connectivity index (χ0v) is 12.2. The molecule has 21 heavy (non-hydrogen) atoms. The third-order valence-electron chi connectivity index (χ3n) is 3.44. The van der Waals surface area contributed by atoms with Gasteiger partial charge in [0.05, 0.1) is 5.70 Å². The molecular weight excluding hydrogens is 290 g/mol. The maximum atomic E-state index is 11.9. The quantitative estimate of drug-likeness (QED) is 0.890. The van der Waals surface area contributed by atoms with Crippen LogP contribution in [0.4, 0.5) is 0 Å². The van der Waals surface area contributed by atoms with E-state index in [0.717, 1.165) is 24.1 Å². The van der Waals surface area contributed by atoms with Crippen LogP contribution in [0.25, 0.3) is 5.70 Å². The van der Waals surface area contributed by atoms with Crippen LogP contribution in [0.15, 0.2) is 30.3 Å². The topological polar surface area (TPSA) is 61.4 Å². The lowest BCUT2D eigenvalue weighted by Gasteiger charge is -2.28. The number of nitrogens with zero attached hydrogens (tertiary/aromatic N) is 1. The van der Waals surface area contributed by atoms with Crippen molar-refractivity contribution >= 4 is 29.1 Å². The van der Waals surface area contributed by atoms with Crippen LogP contribution < -0.4 is 10.7 Å². The van der Waals surface area contributed by atoms with Crippen molar-refractivity contribution in [3.05, 3.63) is 40.9 Å². The van der Waals surface area contributed by atoms with E-state index >= 15 is 0 Å². The van der Waals surface area contributed by atoms with Gasteiger partial charge < -0.3 is 5.32 Å². The normalized spacial score (nSPS) is 18.0. The Morgan fingerprint density at radius 3 is 2.71 bits per heavy atom. The highest BCUT2D eigenvalue weighted by Crippen LogP contribution is 2.20. The fourth-order valence-corrected chi connectivity index (χ4v) is 2.26. The molecule has 1 heterocycles. The summed E-state index contributed by atoms with van der Waals surface area (Å²) in [6.45, 7) is 0.0280. The Balaban J connectivity index is 1.66. The van der Waals surface area contributed by atoms with Crippen LogP contribution in [0, 0.1) is 0 Å². The second-order valence-corrected chi connectivity index (χ2v) is 5.70. The van der Waals surface area contributed by atoms with Gasteiger partial charge in [0.1, 0.15) is 6.54 Å². The van der Waals surface area contributed by atoms with Crippen LogP contribution in [-0.2, 0) is 9.59 Å². The summed E-state index contributed by atoms with van der Waals surface area (Å²) in [7, 11) is 0. The third kappa shape index (κ3) is 3.55. The fraction of sp³-hybridized carbons (Fsp3) is 0.333. The maximum absolute atomic E-state index is 11.9. The summed E-state index contributed by atoms with van der Waals surface area (Å²) in [5, 5.41) is 4.90. The standard InChI is InChI=1S/C15H16ClN3O2/c16-11-3-1-10(2-4-11)13-7-8-15(21)19(18-13)9-14(20)17-12-5-6-12/h1-4,7,12,18H,5-6,8-9H2,(H,17,20). The average Bonchev–Trinajstić information content (AvgIpc) is 3.26. The second kappa shape index (κ2) is 5.77. The molecule has 0 saturated heterocycles. The van der Waals surface area contributed by atoms with Gasteiger partial charge in [0.2, 0.25) is 11.8 Å². The van der Waals surface area contributed by atoms with E-state index in [9.17, 15) is 9.59 Å². The van der Waals surface area contributed by atoms with E-state index in [4.69, 9.17) is 11.6 Å². The summed E-state index contributed by atoms with van der Waals surface area (Å²) in [6.07, 6.45) is 4.16. The van der Waals surface area contributed by atoms with E-state index in [2.05, 4.69) is 10.7 Å². The molecular formula is C15H16ClN3O2. The summed E-state index contributed by atoms with van der Waals surface area (Å²) < 4.78 is 0. The van der Waals surface area contributed by atoms with Crippen LogP contribution in [0.5, 0.6) is 0 Å². The minimum Gasteiger partial charge on any atom is -0.352 e. The molecule has 110 valence electrons. The zero-order chi connectivity index (χ0) is 14.8. The molecule has 0 spiro atoms. The van der Waals surface area contributed by atoms with Crippen molar-refractivity contribution in [1.82, 2.24) is 15.8 Å². The molecule has 5 nitrogen and oxygen atoms in total. The lowest BCUT2D eigenvalue weighted by Crippen LogP contribution is -2.49. The number of nitrogens with one attached hydrogen (secondary N) is 2. The number of hydrazine groups is 1. The van der Waals surface area contributed by atoms with Crippen molar-refractivity contribution in [2.45, 2.75) is 25.3 Å². The van der Waals surface area contributed by atoms with Gasteiger partial charge in [0.15, 0.2) is 0 Å². The lowest BCUT2D eigenvalue weighted by molar-refractivity contribution is -0.137. The van der Waals surface area contributed by atoms with E-state index < -0.39 is 0 Å². The van der Waals surface area contributed by atoms with Gasteiger partial charge >= 0.3 is 0 Å². The minimum absolute atomic E-state index is 0.0280. The van der Waals surface area contributed by atoms with Crippen molar-refractivity contribution in [3.8, 4) is 0 Å². The van der Waals surface area contributed by atoms with E-state index in [0.29, 0.717) is 11.1 Å². The molecule has 6 heteroatoms. The molecule has 2 amide bonds. The first-order chi connectivity index (χ1) is 10.1. The summed E-state index contributed by atoms with van der Waals surface area (Å²) in [5.41, 5.74) is 4.75. The molecule has 0 unspecified atom stereocenters. The van der Waals surface area contributed by atoms with Crippen molar-refractivity contribution < 1.29 is 9.59 Å². The summed E-state index contributed by atoms with van der Waals surface area (Å²) >= 11 is 5.87. The maximum Gasteiger partial charge on any atom is 0.245 e. The molecule has 1 aromatic carbocycles. The van der Waals surface area contributed by atoms with Crippen molar-refractivity contribution in [2.75, 3.05) is 6.54 Å². The summed E-state index contributed by atoms with van der Waals surface area (Å²) in [4.78, 5) is 23.7. The molecule has 2 aliphatic rings. The predicted molar refractivity (Wildman–Crippen MR) is 80.1 cm³/mol. The number of carbonyl (C=O) groups is 2. The van der Waals surface area contributed by atoms with Crippen molar-refractivity contribution in [2.24, 2.45) is 0 Å². The number of carbonyl (C=O) groups excluding carboxylic acids is 2. The molecule has 1 aliphatic heterocycles. The van der Waals surface area contributed by atoms with Gasteiger partial charge in [-0.2, -0.15) is 0 Å². The highest BCUT2D eigenvalue weighted by molar-refractivity contribution is 6.30. The van der Waals surface area contributed by atoms with Gasteiger partial charge in [-0.25, -0.2) is 5.01 Å².